The molecule has 0 bridgehead atoms. The predicted octanol–water partition coefficient (Wildman–Crippen LogP) is 0.283. The van der Waals surface area contributed by atoms with Gasteiger partial charge >= 0.3 is 0 Å². The Bertz CT molecular complexity index is 502. The van der Waals surface area contributed by atoms with E-state index in [1.807, 2.05) is 4.98 Å². The van der Waals surface area contributed by atoms with Crippen molar-refractivity contribution in [1.29, 1.82) is 5.26 Å². The first kappa shape index (κ1) is 10.8. The van der Waals surface area contributed by atoms with Crippen LogP contribution in [0.1, 0.15) is 28.0 Å². The van der Waals surface area contributed by atoms with Crippen molar-refractivity contribution in [3.05, 3.63) is 33.2 Å². The molecule has 0 aliphatic carbocycles. The molecule has 0 radical (unpaired) electrons. The number of halogens is 2. The maximum Gasteiger partial charge on any atom is 0.266 e. The molecular formula is C8H5F2N3O2. The molecule has 0 atom stereocenters. The molecule has 5 nitrogen and oxygen atoms in total. The summed E-state index contributed by atoms with van der Waals surface area (Å²) >= 11 is 0. The minimum Gasteiger partial charge on any atom is -0.365 e. The van der Waals surface area contributed by atoms with Gasteiger partial charge in [0.2, 0.25) is 0 Å². The van der Waals surface area contributed by atoms with Gasteiger partial charge in [-0.1, -0.05) is 0 Å². The molecule has 1 aromatic heterocycles. The summed E-state index contributed by atoms with van der Waals surface area (Å²) in [7, 11) is 0. The molecule has 0 saturated carbocycles. The minimum absolute atomic E-state index is 0.569. The molecule has 78 valence electrons. The molecule has 1 aromatic rings. The molecular weight excluding hydrogens is 208 g/mol. The highest BCUT2D eigenvalue weighted by atomic mass is 19.3. The van der Waals surface area contributed by atoms with Gasteiger partial charge < -0.3 is 10.7 Å². The number of aromatic amines is 1. The Kier molecular flexibility index (Phi) is 2.80. The van der Waals surface area contributed by atoms with Gasteiger partial charge in [-0.25, -0.2) is 8.78 Å². The number of H-pyrrole nitrogens is 1. The first-order valence-electron chi connectivity index (χ1n) is 3.72. The van der Waals surface area contributed by atoms with Gasteiger partial charge in [-0.15, -0.1) is 0 Å². The number of hydrogen-bond acceptors (Lipinski definition) is 3. The lowest BCUT2D eigenvalue weighted by molar-refractivity contribution is 0.0998. The van der Waals surface area contributed by atoms with Crippen LogP contribution in [0.3, 0.4) is 0 Å². The second-order valence-electron chi connectivity index (χ2n) is 2.62. The number of pyridine rings is 1. The maximum atomic E-state index is 12.4. The third-order valence-corrected chi connectivity index (χ3v) is 1.68. The summed E-state index contributed by atoms with van der Waals surface area (Å²) in [6.45, 7) is 0. The van der Waals surface area contributed by atoms with Crippen LogP contribution in [0.5, 0.6) is 0 Å². The minimum atomic E-state index is -2.96. The number of nitrogens with one attached hydrogen (secondary N) is 1. The quantitative estimate of drug-likeness (QED) is 0.737. The number of nitriles is 1. The Hall–Kier alpha value is -2.23. The van der Waals surface area contributed by atoms with Gasteiger partial charge in [0.1, 0.15) is 17.3 Å². The second kappa shape index (κ2) is 3.88. The van der Waals surface area contributed by atoms with Crippen molar-refractivity contribution in [1.82, 2.24) is 4.98 Å². The topological polar surface area (TPSA) is 99.7 Å². The zero-order chi connectivity index (χ0) is 11.6. The Morgan fingerprint density at radius 1 is 1.60 bits per heavy atom. The molecule has 0 fully saturated rings. The van der Waals surface area contributed by atoms with Crippen LogP contribution in [0.25, 0.3) is 0 Å². The van der Waals surface area contributed by atoms with E-state index in [1.165, 1.54) is 6.07 Å². The number of carbonyl (C=O) groups is 1. The average molecular weight is 213 g/mol. The number of primary amides is 1. The van der Waals surface area contributed by atoms with E-state index in [9.17, 15) is 18.4 Å². The Morgan fingerprint density at radius 3 is 2.60 bits per heavy atom. The van der Waals surface area contributed by atoms with E-state index in [4.69, 9.17) is 11.0 Å². The monoisotopic (exact) mass is 213 g/mol. The van der Waals surface area contributed by atoms with Crippen molar-refractivity contribution in [2.75, 3.05) is 0 Å². The number of aromatic nitrogens is 1. The molecule has 15 heavy (non-hydrogen) atoms. The lowest BCUT2D eigenvalue weighted by atomic mass is 10.1. The summed E-state index contributed by atoms with van der Waals surface area (Å²) in [6, 6.07) is 2.03. The lowest BCUT2D eigenvalue weighted by Gasteiger charge is -2.03. The van der Waals surface area contributed by atoms with Gasteiger partial charge in [0, 0.05) is 0 Å². The fourth-order valence-electron chi connectivity index (χ4n) is 0.994. The number of hydrogen-bond donors (Lipinski definition) is 2. The van der Waals surface area contributed by atoms with Crippen molar-refractivity contribution < 1.29 is 13.6 Å². The molecule has 7 heteroatoms. The Morgan fingerprint density at radius 2 is 2.20 bits per heavy atom. The van der Waals surface area contributed by atoms with Crippen LogP contribution < -0.4 is 11.3 Å². The van der Waals surface area contributed by atoms with Gasteiger partial charge in [0.05, 0.1) is 5.56 Å². The lowest BCUT2D eigenvalue weighted by Crippen LogP contribution is -2.25. The number of carbonyl (C=O) groups excluding carboxylic acids is 1. The smallest absolute Gasteiger partial charge is 0.266 e. The van der Waals surface area contributed by atoms with E-state index in [-0.39, 0.29) is 0 Å². The Labute approximate surface area is 82.1 Å². The van der Waals surface area contributed by atoms with Gasteiger partial charge in [0.15, 0.2) is 0 Å². The van der Waals surface area contributed by atoms with E-state index in [1.54, 1.807) is 0 Å². The van der Waals surface area contributed by atoms with Crippen molar-refractivity contribution in [2.45, 2.75) is 6.43 Å². The van der Waals surface area contributed by atoms with Crippen molar-refractivity contribution >= 4 is 5.91 Å². The van der Waals surface area contributed by atoms with Gasteiger partial charge in [-0.2, -0.15) is 5.26 Å². The van der Waals surface area contributed by atoms with Gasteiger partial charge in [-0.3, -0.25) is 9.59 Å². The third-order valence-electron chi connectivity index (χ3n) is 1.68. The fourth-order valence-corrected chi connectivity index (χ4v) is 0.994. The SMILES string of the molecule is N#Cc1[nH]c(=O)c(C(N)=O)cc1C(F)F. The summed E-state index contributed by atoms with van der Waals surface area (Å²) in [5.74, 6) is -1.12. The van der Waals surface area contributed by atoms with E-state index in [0.717, 1.165) is 0 Å². The molecule has 0 unspecified atom stereocenters. The van der Waals surface area contributed by atoms with Crippen molar-refractivity contribution in [3.63, 3.8) is 0 Å². The number of rotatable bonds is 2. The third kappa shape index (κ3) is 1.99. The van der Waals surface area contributed by atoms with E-state index >= 15 is 0 Å². The highest BCUT2D eigenvalue weighted by Crippen LogP contribution is 2.20. The molecule has 0 aliphatic rings. The van der Waals surface area contributed by atoms with Crippen LogP contribution in [0.2, 0.25) is 0 Å². The van der Waals surface area contributed by atoms with Crippen LogP contribution in [0.4, 0.5) is 8.78 Å². The normalized spacial score (nSPS) is 10.0. The zero-order valence-electron chi connectivity index (χ0n) is 7.25. The molecule has 1 rings (SSSR count). The van der Waals surface area contributed by atoms with Crippen molar-refractivity contribution in [3.8, 4) is 6.07 Å². The van der Waals surface area contributed by atoms with E-state index in [2.05, 4.69) is 0 Å². The van der Waals surface area contributed by atoms with Crippen LogP contribution in [0.15, 0.2) is 10.9 Å². The number of nitrogens with zero attached hydrogens (tertiary/aromatic N) is 1. The zero-order valence-corrected chi connectivity index (χ0v) is 7.25. The molecule has 1 heterocycles. The van der Waals surface area contributed by atoms with Crippen molar-refractivity contribution in [2.24, 2.45) is 5.73 Å². The van der Waals surface area contributed by atoms with Crippen LogP contribution in [-0.2, 0) is 0 Å². The fraction of sp³-hybridized carbons (Fsp3) is 0.125. The van der Waals surface area contributed by atoms with E-state index in [0.29, 0.717) is 6.07 Å². The molecule has 0 saturated heterocycles. The van der Waals surface area contributed by atoms with E-state index < -0.39 is 34.7 Å². The summed E-state index contributed by atoms with van der Waals surface area (Å²) in [5.41, 5.74) is 1.95. The molecule has 3 N–H and O–H groups in total. The predicted molar refractivity (Wildman–Crippen MR) is 45.3 cm³/mol. The highest BCUT2D eigenvalue weighted by molar-refractivity contribution is 5.92. The van der Waals surface area contributed by atoms with Crippen LogP contribution in [-0.4, -0.2) is 10.9 Å². The summed E-state index contributed by atoms with van der Waals surface area (Å²) in [5, 5.41) is 8.45. The molecule has 0 aliphatic heterocycles. The standard InChI is InChI=1S/C8H5F2N3O2/c9-6(10)3-1-4(7(12)14)8(15)13-5(3)2-11/h1,6H,(H2,12,14)(H,13,15). The van der Waals surface area contributed by atoms with Gasteiger partial charge in [-0.05, 0) is 6.07 Å². The molecule has 1 amide bonds. The summed E-state index contributed by atoms with van der Waals surface area (Å²) < 4.78 is 24.7. The van der Waals surface area contributed by atoms with Crippen LogP contribution in [0, 0.1) is 11.3 Å². The van der Waals surface area contributed by atoms with Gasteiger partial charge in [0.25, 0.3) is 17.9 Å². The Balaban J connectivity index is 3.53. The van der Waals surface area contributed by atoms with Crippen LogP contribution >= 0.6 is 0 Å². The number of nitrogens with two attached hydrogens (primary N) is 1. The number of amides is 1. The molecule has 0 aromatic carbocycles. The first-order chi connectivity index (χ1) is 6.97. The molecule has 0 spiro atoms. The summed E-state index contributed by atoms with van der Waals surface area (Å²) in [6.07, 6.45) is -2.96. The largest absolute Gasteiger partial charge is 0.365 e. The average Bonchev–Trinajstić information content (AvgIpc) is 2.16. The highest BCUT2D eigenvalue weighted by Gasteiger charge is 2.18. The second-order valence-corrected chi connectivity index (χ2v) is 2.62. The first-order valence-corrected chi connectivity index (χ1v) is 3.72. The summed E-state index contributed by atoms with van der Waals surface area (Å²) in [4.78, 5) is 23.6. The maximum absolute atomic E-state index is 12.4. The number of alkyl halides is 2.